The second-order valence-electron chi connectivity index (χ2n) is 2.05. The van der Waals surface area contributed by atoms with Gasteiger partial charge in [0.1, 0.15) is 5.75 Å². The van der Waals surface area contributed by atoms with E-state index in [0.717, 1.165) is 16.1 Å². The number of aldehydes is 1. The molecule has 0 fully saturated rings. The first-order valence-electron chi connectivity index (χ1n) is 2.82. The lowest BCUT2D eigenvalue weighted by atomic mass is 10.2. The van der Waals surface area contributed by atoms with Gasteiger partial charge in [-0.15, -0.1) is 0 Å². The topological polar surface area (TPSA) is 37.3 Å². The van der Waals surface area contributed by atoms with Crippen LogP contribution in [0.2, 0.25) is 0 Å². The summed E-state index contributed by atoms with van der Waals surface area (Å²) in [6, 6.07) is 3.17. The predicted molar refractivity (Wildman–Crippen MR) is 37.6 cm³/mol. The van der Waals surface area contributed by atoms with E-state index < -0.39 is 0 Å². The summed E-state index contributed by atoms with van der Waals surface area (Å²) in [6.45, 7) is 0. The largest absolute Gasteiger partial charge is 0.507 e. The van der Waals surface area contributed by atoms with E-state index in [1.807, 2.05) is 0 Å². The standard InChI is InChI=1S/C7H4O2S/c8-3-4-1-2-5(9)7-6(4)10-7/h1-3,9H. The Hall–Kier alpha value is -0.960. The van der Waals surface area contributed by atoms with Crippen molar-refractivity contribution >= 4 is 18.0 Å². The minimum atomic E-state index is 0.283. The van der Waals surface area contributed by atoms with Crippen LogP contribution in [0.1, 0.15) is 10.4 Å². The monoisotopic (exact) mass is 152 g/mol. The smallest absolute Gasteiger partial charge is 0.151 e. The fourth-order valence-electron chi connectivity index (χ4n) is 0.848. The van der Waals surface area contributed by atoms with Crippen LogP contribution in [0, 0.1) is 0 Å². The van der Waals surface area contributed by atoms with Crippen LogP contribution in [0.25, 0.3) is 0 Å². The fraction of sp³-hybridized carbons (Fsp3) is 0. The lowest BCUT2D eigenvalue weighted by Gasteiger charge is -1.86. The van der Waals surface area contributed by atoms with Crippen molar-refractivity contribution in [3.63, 3.8) is 0 Å². The number of benzene rings is 1. The van der Waals surface area contributed by atoms with Gasteiger partial charge in [0.05, 0.1) is 4.90 Å². The Morgan fingerprint density at radius 2 is 2.20 bits per heavy atom. The highest BCUT2D eigenvalue weighted by molar-refractivity contribution is 8.05. The van der Waals surface area contributed by atoms with E-state index in [0.29, 0.717) is 5.56 Å². The molecule has 0 radical (unpaired) electrons. The molecule has 1 aliphatic heterocycles. The third-order valence-electron chi connectivity index (χ3n) is 1.41. The highest BCUT2D eigenvalue weighted by atomic mass is 32.2. The van der Waals surface area contributed by atoms with Crippen molar-refractivity contribution in [1.82, 2.24) is 0 Å². The third kappa shape index (κ3) is 0.640. The van der Waals surface area contributed by atoms with Gasteiger partial charge >= 0.3 is 0 Å². The molecule has 2 rings (SSSR count). The van der Waals surface area contributed by atoms with Gasteiger partial charge < -0.3 is 5.11 Å². The van der Waals surface area contributed by atoms with Crippen molar-refractivity contribution in [2.45, 2.75) is 9.79 Å². The number of carbonyl (C=O) groups is 1. The molecule has 3 heteroatoms. The molecule has 0 aliphatic carbocycles. The van der Waals surface area contributed by atoms with Crippen molar-refractivity contribution in [2.75, 3.05) is 0 Å². The van der Waals surface area contributed by atoms with Crippen molar-refractivity contribution in [2.24, 2.45) is 0 Å². The zero-order chi connectivity index (χ0) is 7.14. The Balaban J connectivity index is 2.62. The number of carbonyl (C=O) groups excluding carboxylic acids is 1. The molecule has 2 nitrogen and oxygen atoms in total. The number of hydrogen-bond acceptors (Lipinski definition) is 3. The molecule has 1 N–H and O–H groups in total. The minimum absolute atomic E-state index is 0.283. The minimum Gasteiger partial charge on any atom is -0.507 e. The third-order valence-corrected chi connectivity index (χ3v) is 2.47. The molecule has 50 valence electrons. The number of phenolic OH excluding ortho intramolecular Hbond substituents is 1. The summed E-state index contributed by atoms with van der Waals surface area (Å²) in [5.74, 6) is 0.283. The van der Waals surface area contributed by atoms with Crippen molar-refractivity contribution in [3.05, 3.63) is 17.7 Å². The van der Waals surface area contributed by atoms with Gasteiger partial charge in [-0.2, -0.15) is 0 Å². The number of phenols is 1. The van der Waals surface area contributed by atoms with Gasteiger partial charge in [0.25, 0.3) is 0 Å². The SMILES string of the molecule is O=Cc1ccc(O)c2c1S2. The first kappa shape index (κ1) is 5.80. The fourth-order valence-corrected chi connectivity index (χ4v) is 1.63. The van der Waals surface area contributed by atoms with Crippen molar-refractivity contribution in [1.29, 1.82) is 0 Å². The molecule has 0 unspecified atom stereocenters. The van der Waals surface area contributed by atoms with Gasteiger partial charge in [-0.1, -0.05) is 11.8 Å². The number of rotatable bonds is 1. The van der Waals surface area contributed by atoms with Crippen LogP contribution in [-0.4, -0.2) is 11.4 Å². The summed E-state index contributed by atoms with van der Waals surface area (Å²) in [5, 5.41) is 9.05. The first-order valence-corrected chi connectivity index (χ1v) is 3.63. The number of hydrogen-bond donors (Lipinski definition) is 1. The highest BCUT2D eigenvalue weighted by Gasteiger charge is 2.26. The molecular weight excluding hydrogens is 148 g/mol. The van der Waals surface area contributed by atoms with Crippen LogP contribution in [0.4, 0.5) is 0 Å². The molecule has 0 amide bonds. The molecule has 1 heterocycles. The summed E-state index contributed by atoms with van der Waals surface area (Å²) in [4.78, 5) is 12.1. The average Bonchev–Trinajstić information content (AvgIpc) is 2.68. The van der Waals surface area contributed by atoms with Crippen molar-refractivity contribution < 1.29 is 9.90 Å². The van der Waals surface area contributed by atoms with Crippen molar-refractivity contribution in [3.8, 4) is 5.75 Å². The molecule has 0 bridgehead atoms. The van der Waals surface area contributed by atoms with E-state index in [1.54, 1.807) is 12.1 Å². The Morgan fingerprint density at radius 1 is 1.40 bits per heavy atom. The van der Waals surface area contributed by atoms with Gasteiger partial charge in [0.15, 0.2) is 6.29 Å². The van der Waals surface area contributed by atoms with Gasteiger partial charge in [-0.25, -0.2) is 0 Å². The van der Waals surface area contributed by atoms with E-state index in [-0.39, 0.29) is 5.75 Å². The average molecular weight is 152 g/mol. The Bertz CT molecular complexity index is 307. The van der Waals surface area contributed by atoms with Crippen LogP contribution in [-0.2, 0) is 0 Å². The molecule has 1 aromatic rings. The molecule has 10 heavy (non-hydrogen) atoms. The maximum Gasteiger partial charge on any atom is 0.151 e. The number of aromatic hydroxyl groups is 1. The molecule has 0 atom stereocenters. The molecule has 0 spiro atoms. The van der Waals surface area contributed by atoms with Gasteiger partial charge in [0.2, 0.25) is 0 Å². The van der Waals surface area contributed by atoms with Crippen LogP contribution in [0.5, 0.6) is 5.75 Å². The van der Waals surface area contributed by atoms with E-state index >= 15 is 0 Å². The first-order chi connectivity index (χ1) is 4.83. The van der Waals surface area contributed by atoms with Crippen LogP contribution in [0.15, 0.2) is 21.9 Å². The Morgan fingerprint density at radius 3 is 2.90 bits per heavy atom. The molecule has 1 aromatic carbocycles. The molecular formula is C7H4O2S. The lowest BCUT2D eigenvalue weighted by Crippen LogP contribution is -1.74. The second kappa shape index (κ2) is 1.76. The summed E-state index contributed by atoms with van der Waals surface area (Å²) >= 11 is 1.46. The molecule has 0 saturated heterocycles. The summed E-state index contributed by atoms with van der Waals surface area (Å²) < 4.78 is 0. The lowest BCUT2D eigenvalue weighted by molar-refractivity contribution is 0.112. The maximum absolute atomic E-state index is 10.3. The number of fused-ring (bicyclic) bond motifs is 1. The summed E-state index contributed by atoms with van der Waals surface area (Å²) in [5.41, 5.74) is 0.679. The van der Waals surface area contributed by atoms with Crippen LogP contribution in [0.3, 0.4) is 0 Å². The summed E-state index contributed by atoms with van der Waals surface area (Å²) in [7, 11) is 0. The zero-order valence-electron chi connectivity index (χ0n) is 5.00. The zero-order valence-corrected chi connectivity index (χ0v) is 5.81. The van der Waals surface area contributed by atoms with Crippen LogP contribution >= 0.6 is 11.8 Å². The summed E-state index contributed by atoms with van der Waals surface area (Å²) in [6.07, 6.45) is 0.804. The molecule has 1 aliphatic rings. The maximum atomic E-state index is 10.3. The Kier molecular flexibility index (Phi) is 1.02. The van der Waals surface area contributed by atoms with E-state index in [2.05, 4.69) is 0 Å². The molecule has 0 aromatic heterocycles. The van der Waals surface area contributed by atoms with Gasteiger partial charge in [-0.05, 0) is 12.1 Å². The second-order valence-corrected chi connectivity index (χ2v) is 3.07. The van der Waals surface area contributed by atoms with Crippen LogP contribution < -0.4 is 0 Å². The van der Waals surface area contributed by atoms with E-state index in [4.69, 9.17) is 5.11 Å². The van der Waals surface area contributed by atoms with E-state index in [9.17, 15) is 4.79 Å². The predicted octanol–water partition coefficient (Wildman–Crippen LogP) is 1.67. The van der Waals surface area contributed by atoms with Gasteiger partial charge in [0, 0.05) is 10.5 Å². The van der Waals surface area contributed by atoms with Gasteiger partial charge in [-0.3, -0.25) is 4.79 Å². The quantitative estimate of drug-likeness (QED) is 0.499. The Labute approximate surface area is 61.9 Å². The normalized spacial score (nSPS) is 12.4. The molecule has 0 saturated carbocycles. The van der Waals surface area contributed by atoms with E-state index in [1.165, 1.54) is 11.8 Å². The highest BCUT2D eigenvalue weighted by Crippen LogP contribution is 2.55.